The number of amides is 1. The normalized spacial score (nSPS) is 18.6. The Morgan fingerprint density at radius 1 is 0.960 bits per heavy atom. The fourth-order valence-electron chi connectivity index (χ4n) is 7.48. The number of ether oxygens (including phenoxy) is 1. The molecule has 2 aromatic heterocycles. The van der Waals surface area contributed by atoms with Crippen molar-refractivity contribution in [1.29, 1.82) is 0 Å². The third-order valence-electron chi connectivity index (χ3n) is 10.3. The Hall–Kier alpha value is -4.03. The Morgan fingerprint density at radius 2 is 1.84 bits per heavy atom. The third kappa shape index (κ3) is 7.10. The van der Waals surface area contributed by atoms with Crippen molar-refractivity contribution in [3.05, 3.63) is 93.7 Å². The highest BCUT2D eigenvalue weighted by Gasteiger charge is 2.42. The van der Waals surface area contributed by atoms with Crippen molar-refractivity contribution in [3.63, 3.8) is 0 Å². The number of aryl methyl sites for hydroxylation is 1. The average molecular weight is 717 g/mol. The lowest BCUT2D eigenvalue weighted by molar-refractivity contribution is 0.0780. The highest BCUT2D eigenvalue weighted by molar-refractivity contribution is 6.42. The number of hydrogen-bond donors (Lipinski definition) is 0. The minimum absolute atomic E-state index is 0.0111. The van der Waals surface area contributed by atoms with E-state index in [2.05, 4.69) is 54.2 Å². The van der Waals surface area contributed by atoms with Crippen molar-refractivity contribution < 1.29 is 9.53 Å². The number of halogens is 2. The first-order chi connectivity index (χ1) is 24.3. The van der Waals surface area contributed by atoms with Gasteiger partial charge in [-0.15, -0.1) is 5.10 Å². The van der Waals surface area contributed by atoms with Crippen LogP contribution in [-0.2, 0) is 16.7 Å². The van der Waals surface area contributed by atoms with Crippen LogP contribution in [0.2, 0.25) is 10.0 Å². The molecular formula is C37H43Cl2N9O2. The molecule has 2 aliphatic heterocycles. The molecule has 4 heterocycles. The summed E-state index contributed by atoms with van der Waals surface area (Å²) in [6, 6.07) is 20.1. The summed E-state index contributed by atoms with van der Waals surface area (Å²) in [6.07, 6.45) is 4.30. The number of imidazole rings is 1. The first-order valence-corrected chi connectivity index (χ1v) is 18.2. The van der Waals surface area contributed by atoms with Gasteiger partial charge in [0.15, 0.2) is 0 Å². The molecule has 262 valence electrons. The van der Waals surface area contributed by atoms with Crippen LogP contribution in [0.3, 0.4) is 0 Å². The molecule has 0 aliphatic carbocycles. The predicted molar refractivity (Wildman–Crippen MR) is 197 cm³/mol. The van der Waals surface area contributed by atoms with Crippen LogP contribution in [0.5, 0.6) is 0 Å². The number of carbonyl (C=O) groups excluding carboxylic acids is 1. The monoisotopic (exact) mass is 715 g/mol. The molecule has 11 nitrogen and oxygen atoms in total. The van der Waals surface area contributed by atoms with Gasteiger partial charge in [0.05, 0.1) is 33.4 Å². The van der Waals surface area contributed by atoms with Crippen molar-refractivity contribution in [2.24, 2.45) is 0 Å². The Labute approximate surface area is 302 Å². The van der Waals surface area contributed by atoms with Gasteiger partial charge >= 0.3 is 0 Å². The summed E-state index contributed by atoms with van der Waals surface area (Å²) < 4.78 is 9.61. The fourth-order valence-corrected chi connectivity index (χ4v) is 7.78. The second-order valence-electron chi connectivity index (χ2n) is 13.3. The van der Waals surface area contributed by atoms with Crippen molar-refractivity contribution in [1.82, 2.24) is 39.6 Å². The minimum atomic E-state index is -0.259. The molecule has 50 heavy (non-hydrogen) atoms. The largest absolute Gasteiger partial charge is 0.380 e. The van der Waals surface area contributed by atoms with Crippen LogP contribution in [0.15, 0.2) is 67.0 Å². The van der Waals surface area contributed by atoms with E-state index in [1.54, 1.807) is 4.68 Å². The smallest absolute Gasteiger partial charge is 0.254 e. The number of tetrazole rings is 1. The van der Waals surface area contributed by atoms with Gasteiger partial charge in [0.1, 0.15) is 6.33 Å². The van der Waals surface area contributed by atoms with Gasteiger partial charge in [-0.25, -0.2) is 9.67 Å². The maximum absolute atomic E-state index is 14.1. The van der Waals surface area contributed by atoms with Gasteiger partial charge in [0.2, 0.25) is 5.95 Å². The van der Waals surface area contributed by atoms with Crippen LogP contribution < -0.4 is 4.90 Å². The molecule has 0 N–H and O–H groups in total. The van der Waals surface area contributed by atoms with Gasteiger partial charge in [-0.2, -0.15) is 0 Å². The topological polar surface area (TPSA) is 97.4 Å². The van der Waals surface area contributed by atoms with Crippen LogP contribution in [0.1, 0.15) is 47.7 Å². The van der Waals surface area contributed by atoms with Crippen LogP contribution in [-0.4, -0.2) is 104 Å². The number of nitrogens with zero attached hydrogens (tertiary/aromatic N) is 9. The van der Waals surface area contributed by atoms with Gasteiger partial charge in [-0.05, 0) is 104 Å². The lowest BCUT2D eigenvalue weighted by atomic mass is 9.76. The van der Waals surface area contributed by atoms with Crippen molar-refractivity contribution in [2.75, 3.05) is 63.9 Å². The maximum Gasteiger partial charge on any atom is 0.254 e. The summed E-state index contributed by atoms with van der Waals surface area (Å²) in [5.41, 5.74) is 5.35. The van der Waals surface area contributed by atoms with E-state index in [1.807, 2.05) is 55.1 Å². The third-order valence-corrected chi connectivity index (χ3v) is 11.1. The number of likely N-dealkylation sites (tertiary alicyclic amines) is 1. The number of para-hydroxylation sites is 2. The molecule has 2 fully saturated rings. The Morgan fingerprint density at radius 3 is 2.66 bits per heavy atom. The fraction of sp³-hybridized carbons (Fsp3) is 0.432. The van der Waals surface area contributed by atoms with Crippen LogP contribution in [0, 0.1) is 6.92 Å². The van der Waals surface area contributed by atoms with E-state index in [0.717, 1.165) is 92.3 Å². The molecule has 0 bridgehead atoms. The van der Waals surface area contributed by atoms with Crippen molar-refractivity contribution in [3.8, 4) is 5.69 Å². The van der Waals surface area contributed by atoms with Crippen LogP contribution in [0.4, 0.5) is 5.95 Å². The first-order valence-electron chi connectivity index (χ1n) is 17.4. The number of fused-ring (bicyclic) bond motifs is 1. The summed E-state index contributed by atoms with van der Waals surface area (Å²) in [5.74, 6) is 1.03. The molecule has 2 saturated heterocycles. The highest BCUT2D eigenvalue weighted by Crippen LogP contribution is 2.41. The quantitative estimate of drug-likeness (QED) is 0.153. The molecule has 5 aromatic rings. The van der Waals surface area contributed by atoms with E-state index in [1.165, 1.54) is 6.33 Å². The second-order valence-corrected chi connectivity index (χ2v) is 14.1. The predicted octanol–water partition coefficient (Wildman–Crippen LogP) is 6.05. The summed E-state index contributed by atoms with van der Waals surface area (Å²) in [6.45, 7) is 12.0. The summed E-state index contributed by atoms with van der Waals surface area (Å²) in [5, 5.41) is 12.6. The summed E-state index contributed by atoms with van der Waals surface area (Å²) >= 11 is 13.0. The summed E-state index contributed by atoms with van der Waals surface area (Å²) in [4.78, 5) is 26.2. The number of anilines is 1. The van der Waals surface area contributed by atoms with E-state index in [4.69, 9.17) is 32.9 Å². The molecule has 1 amide bonds. The average Bonchev–Trinajstić information content (AvgIpc) is 3.86. The second kappa shape index (κ2) is 15.1. The standard InChI is InChI=1S/C37H43Cl2N9O2/c1-3-50-22-21-47-34-8-5-4-7-33(34)41-36(47)45-16-6-15-44(19-20-45)17-13-37(28-10-12-31(38)32(39)23-28)14-18-46(25-37)35(49)30-24-29(11-9-27(30)2)48-26-40-42-43-48/h4-5,7-12,23-24,26H,3,6,13-22,25H2,1-2H3. The van der Waals surface area contributed by atoms with Gasteiger partial charge < -0.3 is 24.0 Å². The lowest BCUT2D eigenvalue weighted by Crippen LogP contribution is -2.39. The van der Waals surface area contributed by atoms with Gasteiger partial charge in [0, 0.05) is 56.9 Å². The minimum Gasteiger partial charge on any atom is -0.380 e. The van der Waals surface area contributed by atoms with Crippen LogP contribution >= 0.6 is 23.2 Å². The number of hydrogen-bond acceptors (Lipinski definition) is 8. The molecule has 0 saturated carbocycles. The van der Waals surface area contributed by atoms with Crippen molar-refractivity contribution >= 4 is 46.1 Å². The lowest BCUT2D eigenvalue weighted by Gasteiger charge is -2.33. The molecule has 0 spiro atoms. The molecule has 0 radical (unpaired) electrons. The van der Waals surface area contributed by atoms with E-state index in [-0.39, 0.29) is 11.3 Å². The Balaban J connectivity index is 1.08. The molecule has 1 atom stereocenters. The van der Waals surface area contributed by atoms with E-state index in [9.17, 15) is 4.79 Å². The number of benzene rings is 3. The number of carbonyl (C=O) groups is 1. The number of aromatic nitrogens is 6. The molecule has 2 aliphatic rings. The zero-order valence-corrected chi connectivity index (χ0v) is 30.2. The van der Waals surface area contributed by atoms with Gasteiger partial charge in [0.25, 0.3) is 5.91 Å². The zero-order chi connectivity index (χ0) is 34.7. The van der Waals surface area contributed by atoms with Gasteiger partial charge in [-0.1, -0.05) is 47.5 Å². The maximum atomic E-state index is 14.1. The Bertz CT molecular complexity index is 1950. The molecule has 3 aromatic carbocycles. The molecular weight excluding hydrogens is 673 g/mol. The number of rotatable bonds is 11. The van der Waals surface area contributed by atoms with E-state index in [0.29, 0.717) is 41.9 Å². The SMILES string of the molecule is CCOCCn1c(N2CCCN(CCC3(c4ccc(Cl)c(Cl)c4)CCN(C(=O)c4cc(-n5cnnn5)ccc4C)C3)CC2)nc2ccccc21. The van der Waals surface area contributed by atoms with Gasteiger partial charge in [-0.3, -0.25) is 4.79 Å². The zero-order valence-electron chi connectivity index (χ0n) is 28.6. The van der Waals surface area contributed by atoms with Crippen LogP contribution in [0.25, 0.3) is 16.7 Å². The molecule has 13 heteroatoms. The van der Waals surface area contributed by atoms with E-state index >= 15 is 0 Å². The van der Waals surface area contributed by atoms with Crippen molar-refractivity contribution in [2.45, 2.75) is 45.1 Å². The summed E-state index contributed by atoms with van der Waals surface area (Å²) in [7, 11) is 0. The molecule has 7 rings (SSSR count). The Kier molecular flexibility index (Phi) is 10.4. The highest BCUT2D eigenvalue weighted by atomic mass is 35.5. The molecule has 1 unspecified atom stereocenters. The first kappa shape index (κ1) is 34.4. The van der Waals surface area contributed by atoms with E-state index < -0.39 is 0 Å².